The van der Waals surface area contributed by atoms with Crippen LogP contribution in [0.25, 0.3) is 67.2 Å². The summed E-state index contributed by atoms with van der Waals surface area (Å²) in [5.41, 5.74) is 22.5. The minimum Gasteiger partial charge on any atom is -0.415 e. The fraction of sp³-hybridized carbons (Fsp3) is 0.490. The zero-order chi connectivity index (χ0) is 90.5. The SMILES string of the molecule is Cn1cc(Nc2ccc3c(c2)-c2c(ncnc2NC2CCC(N4CCOCC4)CC2)C3)cn1.Cn1cc(Nc2ccc3c(n2)-c2c(ncnc2NC2CCC(N4CCOCC4)CC2)C3)cn1.FC(F)c1nnc(-c2ccc3c(c2)-c2c(ncnc2NC2CCC(N4CCOCC4)CC2)C3)o1.FC(F)n1cc(-c2ccc3c(c2)-c2c(ncnc2NC2CCC(N4CCOCC4)CC2)C3)cn1. The number of benzene rings is 3. The Bertz CT molecular complexity index is 5690. The van der Waals surface area contributed by atoms with Crippen LogP contribution >= 0.6 is 0 Å². The zero-order valence-corrected chi connectivity index (χ0v) is 75.8. The van der Waals surface area contributed by atoms with Crippen LogP contribution < -0.4 is 31.9 Å². The van der Waals surface area contributed by atoms with Crippen molar-refractivity contribution in [3.05, 3.63) is 180 Å². The summed E-state index contributed by atoms with van der Waals surface area (Å²) < 4.78 is 83.2. The molecule has 0 radical (unpaired) electrons. The van der Waals surface area contributed by atoms with Crippen LogP contribution in [0, 0.1) is 0 Å². The third-order valence-electron chi connectivity index (χ3n) is 28.9. The molecule has 700 valence electrons. The molecule has 0 spiro atoms. The average molecular weight is 1830 g/mol. The number of halogens is 4. The number of aryl methyl sites for hydroxylation is 2. The highest BCUT2D eigenvalue weighted by Crippen LogP contribution is 2.48. The maximum atomic E-state index is 13.0. The molecule has 6 N–H and O–H groups in total. The number of nitrogens with zero attached hydrogens (tertiary/aromatic N) is 21. The number of hydrogen-bond donors (Lipinski definition) is 6. The molecule has 0 bridgehead atoms. The Morgan fingerprint density at radius 2 is 0.739 bits per heavy atom. The molecular weight excluding hydrogens is 1710 g/mol. The minimum atomic E-state index is -2.79. The van der Waals surface area contributed by atoms with Gasteiger partial charge in [-0.2, -0.15) is 32.9 Å². The standard InChI is InChI=1S/C25H28F2N6O.C25H31N7O.C24H26F2N6O2.C24H30N8O/c26-25(27)33-14-18(13-30-33)16-1-2-17-12-22-23(21(17)11-16)24(29-15-28-22)31-19-3-5-20(6-4-19)32-7-9-34-10-8-32;1-31-15-20(14-28-31)29-19-3-2-17-12-23-24(22(17)13-19)25(27-16-26-23)30-18-4-6-21(7-5-18)32-8-10-33-11-9-32;25-21(26)24-31-30-23(34-24)15-2-1-14-12-19-20(18(14)11-15)22(28-13-27-19)29-16-3-5-17(6-4-16)32-7-9-33-10-8-32;1-31-14-18(13-27-31)28-21-7-2-16-12-20-22(23(16)30-21)24(26-15-25-20)29-17-3-5-19(6-4-17)32-8-10-33-11-9-32/h1-2,11,13-15,19-20,25H,3-10,12H2,(H,28,29,31);2-3,13-16,18,21,29H,4-12H2,1H3,(H,26,27,30);1-2,11,13,16-17,21H,3-10,12H2,(H,27,28,29);2,7,13-15,17,19H,3-6,8-12H2,1H3,(H,28,30)(H,25,26,29). The number of rotatable bonds is 20. The third kappa shape index (κ3) is 20.0. The van der Waals surface area contributed by atoms with Gasteiger partial charge in [-0.3, -0.25) is 29.0 Å². The number of nitrogens with one attached hydrogen (secondary N) is 6. The first-order valence-electron chi connectivity index (χ1n) is 47.8. The molecule has 12 aromatic rings. The Hall–Kier alpha value is -11.9. The maximum absolute atomic E-state index is 13.0. The van der Waals surface area contributed by atoms with Crippen molar-refractivity contribution in [2.24, 2.45) is 14.1 Å². The van der Waals surface area contributed by atoms with Gasteiger partial charge in [-0.25, -0.2) is 49.5 Å². The second-order valence-corrected chi connectivity index (χ2v) is 37.2. The van der Waals surface area contributed by atoms with Gasteiger partial charge in [0.15, 0.2) is 0 Å². The molecule has 0 unspecified atom stereocenters. The van der Waals surface area contributed by atoms with Crippen molar-refractivity contribution in [3.8, 4) is 67.2 Å². The van der Waals surface area contributed by atoms with Crippen LogP contribution in [0.2, 0.25) is 0 Å². The van der Waals surface area contributed by atoms with Crippen molar-refractivity contribution in [1.29, 1.82) is 0 Å². The Morgan fingerprint density at radius 3 is 1.14 bits per heavy atom. The van der Waals surface area contributed by atoms with Gasteiger partial charge in [-0.15, -0.1) is 10.2 Å². The summed E-state index contributed by atoms with van der Waals surface area (Å²) in [6.07, 6.45) is 36.1. The first kappa shape index (κ1) is 88.7. The maximum Gasteiger partial charge on any atom is 0.333 e. The van der Waals surface area contributed by atoms with E-state index in [0.717, 1.165) is 295 Å². The van der Waals surface area contributed by atoms with E-state index in [1.807, 2.05) is 63.0 Å². The number of alkyl halides is 4. The van der Waals surface area contributed by atoms with Gasteiger partial charge in [0.2, 0.25) is 5.89 Å². The van der Waals surface area contributed by atoms with Crippen molar-refractivity contribution in [2.75, 3.05) is 137 Å². The van der Waals surface area contributed by atoms with Crippen molar-refractivity contribution >= 4 is 46.2 Å². The average Bonchev–Trinajstić information content (AvgIpc) is 1.62. The molecule has 0 atom stereocenters. The van der Waals surface area contributed by atoms with Crippen molar-refractivity contribution in [3.63, 3.8) is 0 Å². The predicted octanol–water partition coefficient (Wildman–Crippen LogP) is 15.0. The van der Waals surface area contributed by atoms with Crippen LogP contribution in [0.4, 0.5) is 63.7 Å². The largest absolute Gasteiger partial charge is 0.415 e. The Kier molecular flexibility index (Phi) is 26.7. The quantitative estimate of drug-likeness (QED) is 0.0386. The van der Waals surface area contributed by atoms with Gasteiger partial charge < -0.3 is 55.3 Å². The highest BCUT2D eigenvalue weighted by atomic mass is 19.3. The molecule has 32 nitrogen and oxygen atoms in total. The Labute approximate surface area is 775 Å². The van der Waals surface area contributed by atoms with E-state index in [9.17, 15) is 17.6 Å². The second kappa shape index (κ2) is 40.3. The van der Waals surface area contributed by atoms with Crippen LogP contribution in [0.15, 0.2) is 134 Å². The number of pyridine rings is 1. The molecule has 4 saturated carbocycles. The smallest absolute Gasteiger partial charge is 0.333 e. The van der Waals surface area contributed by atoms with Crippen LogP contribution in [0.3, 0.4) is 0 Å². The van der Waals surface area contributed by atoms with Gasteiger partial charge in [-0.05, 0) is 184 Å². The van der Waals surface area contributed by atoms with E-state index in [2.05, 4.69) is 153 Å². The lowest BCUT2D eigenvalue weighted by molar-refractivity contribution is 0.00788. The third-order valence-corrected chi connectivity index (χ3v) is 28.9. The van der Waals surface area contributed by atoms with Gasteiger partial charge in [-0.1, -0.05) is 30.3 Å². The van der Waals surface area contributed by atoms with Crippen LogP contribution in [0.1, 0.15) is 167 Å². The normalized spacial score (nSPS) is 22.6. The van der Waals surface area contributed by atoms with Gasteiger partial charge >= 0.3 is 13.0 Å². The van der Waals surface area contributed by atoms with Gasteiger partial charge in [0.1, 0.15) is 54.4 Å². The summed E-state index contributed by atoms with van der Waals surface area (Å²) in [6.45, 7) is 12.6. The number of aromatic nitrogens is 17. The number of ether oxygens (including phenoxy) is 4. The molecule has 9 aromatic heterocycles. The van der Waals surface area contributed by atoms with Crippen LogP contribution in [-0.2, 0) is 58.7 Å². The number of morpholine rings is 4. The van der Waals surface area contributed by atoms with E-state index >= 15 is 0 Å². The van der Waals surface area contributed by atoms with Crippen LogP contribution in [-0.4, -0.2) is 258 Å². The summed E-state index contributed by atoms with van der Waals surface area (Å²) >= 11 is 0. The fourth-order valence-electron chi connectivity index (χ4n) is 21.9. The molecule has 0 amide bonds. The number of anilines is 8. The van der Waals surface area contributed by atoms with Gasteiger partial charge in [0.05, 0.1) is 117 Å². The van der Waals surface area contributed by atoms with Crippen molar-refractivity contribution in [2.45, 2.75) is 190 Å². The Balaban J connectivity index is 0.000000107. The monoisotopic (exact) mass is 1830 g/mol. The summed E-state index contributed by atoms with van der Waals surface area (Å²) in [5.74, 6) is 3.81. The second-order valence-electron chi connectivity index (χ2n) is 37.2. The fourth-order valence-corrected chi connectivity index (χ4v) is 21.9. The molecule has 12 aliphatic rings. The minimum absolute atomic E-state index is 0.0827. The zero-order valence-electron chi connectivity index (χ0n) is 75.8. The topological polar surface area (TPSA) is 330 Å². The number of fused-ring (bicyclic) bond motifs is 12. The van der Waals surface area contributed by atoms with E-state index in [0.29, 0.717) is 70.6 Å². The summed E-state index contributed by atoms with van der Waals surface area (Å²) in [5, 5.41) is 41.3. The molecular formula is C98H115F4N27O5. The van der Waals surface area contributed by atoms with E-state index in [1.165, 1.54) is 86.0 Å². The first-order chi connectivity index (χ1) is 65.8. The van der Waals surface area contributed by atoms with Gasteiger partial charge in [0, 0.05) is 193 Å². The molecule has 13 heterocycles. The predicted molar refractivity (Wildman–Crippen MR) is 501 cm³/mol. The number of hydrogen-bond acceptors (Lipinski definition) is 29. The highest BCUT2D eigenvalue weighted by Gasteiger charge is 2.37. The Morgan fingerprint density at radius 1 is 0.358 bits per heavy atom. The lowest BCUT2D eigenvalue weighted by atomic mass is 9.89. The summed E-state index contributed by atoms with van der Waals surface area (Å²) in [4.78, 5) is 52.1. The molecule has 4 saturated heterocycles. The van der Waals surface area contributed by atoms with E-state index in [4.69, 9.17) is 28.3 Å². The molecule has 36 heteroatoms. The van der Waals surface area contributed by atoms with Crippen molar-refractivity contribution in [1.82, 2.24) is 104 Å². The lowest BCUT2D eigenvalue weighted by Crippen LogP contribution is -2.46. The lowest BCUT2D eigenvalue weighted by Gasteiger charge is -2.39. The van der Waals surface area contributed by atoms with Crippen molar-refractivity contribution < 1.29 is 40.9 Å². The summed E-state index contributed by atoms with van der Waals surface area (Å²) in [6, 6.07) is 26.8. The van der Waals surface area contributed by atoms with Gasteiger partial charge in [0.25, 0.3) is 5.89 Å². The molecule has 8 fully saturated rings. The van der Waals surface area contributed by atoms with E-state index in [-0.39, 0.29) is 5.89 Å². The van der Waals surface area contributed by atoms with E-state index < -0.39 is 18.9 Å². The highest BCUT2D eigenvalue weighted by molar-refractivity contribution is 5.89. The molecule has 24 rings (SSSR count). The molecule has 8 aliphatic carbocycles. The molecule has 3 aromatic carbocycles. The van der Waals surface area contributed by atoms with Crippen LogP contribution in [0.5, 0.6) is 0 Å². The molecule has 134 heavy (non-hydrogen) atoms. The summed E-state index contributed by atoms with van der Waals surface area (Å²) in [7, 11) is 3.83. The first-order valence-corrected chi connectivity index (χ1v) is 47.8. The van der Waals surface area contributed by atoms with E-state index in [1.54, 1.807) is 40.9 Å². The molecule has 4 aliphatic heterocycles.